The van der Waals surface area contributed by atoms with Crippen molar-refractivity contribution in [1.82, 2.24) is 20.4 Å². The second-order valence-electron chi connectivity index (χ2n) is 6.58. The number of nitrogens with one attached hydrogen (secondary N) is 1. The maximum absolute atomic E-state index is 12.9. The van der Waals surface area contributed by atoms with E-state index in [1.165, 1.54) is 0 Å². The first-order valence-electron chi connectivity index (χ1n) is 7.92. The lowest BCUT2D eigenvalue weighted by molar-refractivity contribution is -0.131. The van der Waals surface area contributed by atoms with Crippen LogP contribution in [0.15, 0.2) is 14.9 Å². The lowest BCUT2D eigenvalue weighted by Gasteiger charge is -2.20. The molecule has 8 nitrogen and oxygen atoms in total. The molecule has 3 heterocycles. The molecular formula is C16H18N4O4. The number of aromatic nitrogens is 2. The molecule has 2 aromatic rings. The number of carbonyl (C=O) groups excluding carboxylic acids is 2. The quantitative estimate of drug-likeness (QED) is 0.862. The van der Waals surface area contributed by atoms with E-state index in [0.29, 0.717) is 28.9 Å². The highest BCUT2D eigenvalue weighted by Gasteiger charge is 2.51. The minimum atomic E-state index is -1.15. The first kappa shape index (κ1) is 14.9. The maximum atomic E-state index is 12.9. The minimum absolute atomic E-state index is 0.0319. The fraction of sp³-hybridized carbons (Fsp3) is 0.500. The normalized spacial score (nSPS) is 23.9. The monoisotopic (exact) mass is 330 g/mol. The van der Waals surface area contributed by atoms with Gasteiger partial charge in [-0.25, -0.2) is 4.79 Å². The second-order valence-corrected chi connectivity index (χ2v) is 6.58. The molecule has 1 atom stereocenters. The number of nitrogens with zero attached hydrogens (tertiary/aromatic N) is 3. The van der Waals surface area contributed by atoms with Crippen molar-refractivity contribution in [2.24, 2.45) is 0 Å². The smallest absolute Gasteiger partial charge is 0.325 e. The summed E-state index contributed by atoms with van der Waals surface area (Å²) in [5.41, 5.74) is -0.497. The van der Waals surface area contributed by atoms with Crippen LogP contribution in [0.4, 0.5) is 4.79 Å². The van der Waals surface area contributed by atoms with Crippen LogP contribution in [0.5, 0.6) is 0 Å². The Labute approximate surface area is 138 Å². The standard InChI is InChI=1S/C16H18N4O4/c1-8-6-11(9(2)23-8)16(3)14(21)20(15(22)17-16)7-12-18-19-13(24-12)10-4-5-10/h6,10H,4-5,7H2,1-3H3,(H,17,22). The second kappa shape index (κ2) is 4.93. The fourth-order valence-corrected chi connectivity index (χ4v) is 3.11. The van der Waals surface area contributed by atoms with Gasteiger partial charge in [0.1, 0.15) is 23.6 Å². The van der Waals surface area contributed by atoms with E-state index in [2.05, 4.69) is 15.5 Å². The van der Waals surface area contributed by atoms with Gasteiger partial charge in [-0.3, -0.25) is 9.69 Å². The molecule has 1 saturated carbocycles. The first-order chi connectivity index (χ1) is 11.4. The van der Waals surface area contributed by atoms with Crippen LogP contribution in [0.1, 0.15) is 54.5 Å². The Kier molecular flexibility index (Phi) is 3.06. The Morgan fingerprint density at radius 3 is 2.67 bits per heavy atom. The van der Waals surface area contributed by atoms with E-state index in [-0.39, 0.29) is 18.3 Å². The van der Waals surface area contributed by atoms with Crippen LogP contribution in [-0.4, -0.2) is 27.0 Å². The Bertz CT molecular complexity index is 835. The van der Waals surface area contributed by atoms with Gasteiger partial charge in [0, 0.05) is 11.5 Å². The Morgan fingerprint density at radius 2 is 2.04 bits per heavy atom. The number of hydrogen-bond donors (Lipinski definition) is 1. The predicted octanol–water partition coefficient (Wildman–Crippen LogP) is 2.12. The van der Waals surface area contributed by atoms with Crippen LogP contribution in [0.2, 0.25) is 0 Å². The first-order valence-corrected chi connectivity index (χ1v) is 7.92. The average molecular weight is 330 g/mol. The molecule has 24 heavy (non-hydrogen) atoms. The molecule has 2 aromatic heterocycles. The predicted molar refractivity (Wildman–Crippen MR) is 80.9 cm³/mol. The van der Waals surface area contributed by atoms with Gasteiger partial charge in [0.2, 0.25) is 11.8 Å². The molecule has 2 fully saturated rings. The number of imide groups is 1. The van der Waals surface area contributed by atoms with E-state index in [1.807, 2.05) is 0 Å². The zero-order valence-corrected chi connectivity index (χ0v) is 13.8. The molecule has 1 saturated heterocycles. The summed E-state index contributed by atoms with van der Waals surface area (Å²) in [7, 11) is 0. The van der Waals surface area contributed by atoms with E-state index in [0.717, 1.165) is 17.7 Å². The van der Waals surface area contributed by atoms with Crippen LogP contribution in [0.25, 0.3) is 0 Å². The number of amides is 3. The third-order valence-corrected chi connectivity index (χ3v) is 4.56. The molecule has 0 aromatic carbocycles. The summed E-state index contributed by atoms with van der Waals surface area (Å²) >= 11 is 0. The van der Waals surface area contributed by atoms with Crippen molar-refractivity contribution in [2.75, 3.05) is 0 Å². The summed E-state index contributed by atoms with van der Waals surface area (Å²) < 4.78 is 11.1. The van der Waals surface area contributed by atoms with Gasteiger partial charge >= 0.3 is 6.03 Å². The van der Waals surface area contributed by atoms with Crippen LogP contribution in [-0.2, 0) is 16.9 Å². The zero-order chi connectivity index (χ0) is 17.1. The number of rotatable bonds is 4. The molecule has 0 bridgehead atoms. The van der Waals surface area contributed by atoms with Gasteiger partial charge in [0.05, 0.1) is 0 Å². The van der Waals surface area contributed by atoms with Crippen LogP contribution in [0.3, 0.4) is 0 Å². The van der Waals surface area contributed by atoms with Crippen molar-refractivity contribution in [2.45, 2.75) is 51.6 Å². The van der Waals surface area contributed by atoms with Gasteiger partial charge < -0.3 is 14.2 Å². The highest BCUT2D eigenvalue weighted by atomic mass is 16.4. The molecule has 1 aliphatic carbocycles. The van der Waals surface area contributed by atoms with Crippen molar-refractivity contribution >= 4 is 11.9 Å². The van der Waals surface area contributed by atoms with E-state index < -0.39 is 11.6 Å². The third-order valence-electron chi connectivity index (χ3n) is 4.56. The summed E-state index contributed by atoms with van der Waals surface area (Å²) in [6, 6.07) is 1.29. The molecular weight excluding hydrogens is 312 g/mol. The Hall–Kier alpha value is -2.64. The lowest BCUT2D eigenvalue weighted by Crippen LogP contribution is -2.41. The highest BCUT2D eigenvalue weighted by molar-refractivity contribution is 6.07. The zero-order valence-electron chi connectivity index (χ0n) is 13.8. The number of urea groups is 1. The van der Waals surface area contributed by atoms with Crippen molar-refractivity contribution in [1.29, 1.82) is 0 Å². The summed E-state index contributed by atoms with van der Waals surface area (Å²) in [4.78, 5) is 26.3. The van der Waals surface area contributed by atoms with Crippen LogP contribution >= 0.6 is 0 Å². The molecule has 3 amide bonds. The molecule has 126 valence electrons. The fourth-order valence-electron chi connectivity index (χ4n) is 3.11. The Morgan fingerprint density at radius 1 is 1.29 bits per heavy atom. The van der Waals surface area contributed by atoms with Crippen LogP contribution in [0, 0.1) is 13.8 Å². The van der Waals surface area contributed by atoms with Gasteiger partial charge in [0.15, 0.2) is 0 Å². The lowest BCUT2D eigenvalue weighted by atomic mass is 9.92. The summed E-state index contributed by atoms with van der Waals surface area (Å²) in [6.45, 7) is 5.22. The van der Waals surface area contributed by atoms with Crippen molar-refractivity contribution in [3.8, 4) is 0 Å². The third kappa shape index (κ3) is 2.21. The highest BCUT2D eigenvalue weighted by Crippen LogP contribution is 2.39. The van der Waals surface area contributed by atoms with Crippen LogP contribution < -0.4 is 5.32 Å². The molecule has 2 aliphatic rings. The van der Waals surface area contributed by atoms with Gasteiger partial charge in [-0.15, -0.1) is 10.2 Å². The average Bonchev–Trinajstić information content (AvgIpc) is 3.11. The van der Waals surface area contributed by atoms with Gasteiger partial charge in [-0.1, -0.05) is 0 Å². The summed E-state index contributed by atoms with van der Waals surface area (Å²) in [5.74, 6) is 2.12. The largest absolute Gasteiger partial charge is 0.466 e. The molecule has 0 spiro atoms. The topological polar surface area (TPSA) is 101 Å². The summed E-state index contributed by atoms with van der Waals surface area (Å²) in [5, 5.41) is 10.7. The van der Waals surface area contributed by atoms with E-state index >= 15 is 0 Å². The number of aryl methyl sites for hydroxylation is 2. The molecule has 4 rings (SSSR count). The maximum Gasteiger partial charge on any atom is 0.325 e. The van der Waals surface area contributed by atoms with E-state index in [4.69, 9.17) is 8.83 Å². The van der Waals surface area contributed by atoms with E-state index in [1.54, 1.807) is 26.8 Å². The van der Waals surface area contributed by atoms with Gasteiger partial charge in [0.25, 0.3) is 5.91 Å². The molecule has 0 radical (unpaired) electrons. The van der Waals surface area contributed by atoms with Crippen molar-refractivity contribution in [3.05, 3.63) is 34.9 Å². The summed E-state index contributed by atoms with van der Waals surface area (Å²) in [6.07, 6.45) is 2.09. The molecule has 1 aliphatic heterocycles. The SMILES string of the molecule is Cc1cc(C2(C)NC(=O)N(Cc3nnc(C4CC4)o3)C2=O)c(C)o1. The van der Waals surface area contributed by atoms with Gasteiger partial charge in [-0.2, -0.15) is 0 Å². The van der Waals surface area contributed by atoms with Gasteiger partial charge in [-0.05, 0) is 39.7 Å². The number of carbonyl (C=O) groups is 2. The molecule has 1 N–H and O–H groups in total. The number of furan rings is 1. The van der Waals surface area contributed by atoms with E-state index in [9.17, 15) is 9.59 Å². The van der Waals surface area contributed by atoms with Crippen molar-refractivity contribution < 1.29 is 18.4 Å². The molecule has 1 unspecified atom stereocenters. The number of hydrogen-bond acceptors (Lipinski definition) is 6. The molecule has 8 heteroatoms. The Balaban J connectivity index is 1.59. The van der Waals surface area contributed by atoms with Crippen molar-refractivity contribution in [3.63, 3.8) is 0 Å². The minimum Gasteiger partial charge on any atom is -0.466 e.